The van der Waals surface area contributed by atoms with Gasteiger partial charge >= 0.3 is 5.97 Å². The molecule has 2 N–H and O–H groups in total. The van der Waals surface area contributed by atoms with E-state index in [0.29, 0.717) is 18.3 Å². The molecule has 0 saturated heterocycles. The lowest BCUT2D eigenvalue weighted by atomic mass is 9.49. The minimum Gasteiger partial charge on any atom is -0.455 e. The Bertz CT molecular complexity index is 832. The molecule has 1 aromatic carbocycles. The fourth-order valence-electron chi connectivity index (χ4n) is 5.92. The van der Waals surface area contributed by atoms with Gasteiger partial charge in [0.15, 0.2) is 6.61 Å². The van der Waals surface area contributed by atoms with E-state index >= 15 is 0 Å². The summed E-state index contributed by atoms with van der Waals surface area (Å²) in [5.41, 5.74) is 4.05. The summed E-state index contributed by atoms with van der Waals surface area (Å²) in [6.45, 7) is -0.487. The van der Waals surface area contributed by atoms with E-state index in [0.717, 1.165) is 25.3 Å². The molecule has 0 radical (unpaired) electrons. The Morgan fingerprint density at radius 2 is 1.79 bits per heavy atom. The number of amides is 2. The maximum absolute atomic E-state index is 13.6. The van der Waals surface area contributed by atoms with Crippen LogP contribution in [0.5, 0.6) is 0 Å². The van der Waals surface area contributed by atoms with Crippen LogP contribution in [0.2, 0.25) is 0 Å². The van der Waals surface area contributed by atoms with E-state index in [1.165, 1.54) is 37.5 Å². The zero-order valence-electron chi connectivity index (χ0n) is 16.0. The third kappa shape index (κ3) is 4.47. The highest BCUT2D eigenvalue weighted by atomic mass is 79.9. The number of hydrazine groups is 1. The van der Waals surface area contributed by atoms with Crippen LogP contribution in [0.3, 0.4) is 0 Å². The Labute approximate surface area is 177 Å². The number of ether oxygens (including phenoxy) is 1. The van der Waals surface area contributed by atoms with Crippen molar-refractivity contribution in [3.8, 4) is 0 Å². The molecular formula is C21H24BrFN2O4. The van der Waals surface area contributed by atoms with E-state index in [1.54, 1.807) is 0 Å². The van der Waals surface area contributed by atoms with Crippen LogP contribution in [0.4, 0.5) is 4.39 Å². The van der Waals surface area contributed by atoms with Gasteiger partial charge < -0.3 is 4.74 Å². The third-order valence-corrected chi connectivity index (χ3v) is 7.36. The molecule has 6 nitrogen and oxygen atoms in total. The molecule has 0 spiro atoms. The lowest BCUT2D eigenvalue weighted by molar-refractivity contribution is -0.154. The van der Waals surface area contributed by atoms with E-state index < -0.39 is 30.2 Å². The van der Waals surface area contributed by atoms with Gasteiger partial charge in [0, 0.05) is 4.32 Å². The van der Waals surface area contributed by atoms with Gasteiger partial charge in [0.25, 0.3) is 11.8 Å². The van der Waals surface area contributed by atoms with Gasteiger partial charge in [-0.3, -0.25) is 25.2 Å². The summed E-state index contributed by atoms with van der Waals surface area (Å²) in [6, 6.07) is 5.44. The molecule has 8 heteroatoms. The summed E-state index contributed by atoms with van der Waals surface area (Å²) in [5.74, 6) is -1.20. The number of alkyl halides is 1. The van der Waals surface area contributed by atoms with E-state index in [1.807, 2.05) is 0 Å². The van der Waals surface area contributed by atoms with Gasteiger partial charge in [-0.05, 0) is 67.9 Å². The summed E-state index contributed by atoms with van der Waals surface area (Å²) < 4.78 is 18.9. The lowest BCUT2D eigenvalue weighted by Gasteiger charge is -2.60. The molecule has 4 aliphatic carbocycles. The molecule has 2 atom stereocenters. The van der Waals surface area contributed by atoms with Crippen molar-refractivity contribution in [1.29, 1.82) is 0 Å². The molecule has 4 bridgehead atoms. The zero-order chi connectivity index (χ0) is 20.6. The van der Waals surface area contributed by atoms with Gasteiger partial charge in [0.2, 0.25) is 0 Å². The van der Waals surface area contributed by atoms with Crippen molar-refractivity contribution in [1.82, 2.24) is 10.9 Å². The Balaban J connectivity index is 1.23. The average Bonchev–Trinajstić information content (AvgIpc) is 2.62. The molecule has 0 unspecified atom stereocenters. The number of nitrogens with one attached hydrogen (secondary N) is 2. The van der Waals surface area contributed by atoms with Crippen LogP contribution in [-0.4, -0.2) is 28.7 Å². The topological polar surface area (TPSA) is 84.5 Å². The molecule has 156 valence electrons. The summed E-state index contributed by atoms with van der Waals surface area (Å²) >= 11 is 3.92. The zero-order valence-corrected chi connectivity index (χ0v) is 17.6. The summed E-state index contributed by atoms with van der Waals surface area (Å²) in [7, 11) is 0. The molecule has 0 heterocycles. The van der Waals surface area contributed by atoms with Gasteiger partial charge in [0.05, 0.1) is 12.0 Å². The summed E-state index contributed by atoms with van der Waals surface area (Å²) in [6.07, 6.45) is 7.03. The lowest BCUT2D eigenvalue weighted by Crippen LogP contribution is -2.53. The van der Waals surface area contributed by atoms with Crippen LogP contribution in [0.1, 0.15) is 55.3 Å². The van der Waals surface area contributed by atoms with Gasteiger partial charge in [-0.15, -0.1) is 0 Å². The quantitative estimate of drug-likeness (QED) is 0.396. The van der Waals surface area contributed by atoms with Crippen LogP contribution < -0.4 is 10.9 Å². The fraction of sp³-hybridized carbons (Fsp3) is 0.571. The highest BCUT2D eigenvalue weighted by Crippen LogP contribution is 2.65. The second-order valence-electron chi connectivity index (χ2n) is 8.93. The van der Waals surface area contributed by atoms with Crippen molar-refractivity contribution in [3.05, 3.63) is 35.6 Å². The van der Waals surface area contributed by atoms with Gasteiger partial charge in [-0.25, -0.2) is 4.39 Å². The number of esters is 1. The first kappa shape index (κ1) is 20.3. The largest absolute Gasteiger partial charge is 0.455 e. The first-order valence-corrected chi connectivity index (χ1v) is 10.7. The van der Waals surface area contributed by atoms with E-state index in [4.69, 9.17) is 4.74 Å². The number of rotatable bonds is 5. The highest BCUT2D eigenvalue weighted by molar-refractivity contribution is 9.10. The predicted octanol–water partition coefficient (Wildman–Crippen LogP) is 3.25. The Morgan fingerprint density at radius 3 is 2.45 bits per heavy atom. The van der Waals surface area contributed by atoms with Crippen LogP contribution in [0, 0.1) is 23.1 Å². The number of hydrogen-bond donors (Lipinski definition) is 2. The van der Waals surface area contributed by atoms with Gasteiger partial charge in [-0.1, -0.05) is 28.1 Å². The molecule has 4 saturated carbocycles. The molecule has 29 heavy (non-hydrogen) atoms. The summed E-state index contributed by atoms with van der Waals surface area (Å²) in [5, 5.41) is 0. The number of carbonyl (C=O) groups is 3. The van der Waals surface area contributed by atoms with Crippen LogP contribution >= 0.6 is 15.9 Å². The van der Waals surface area contributed by atoms with Crippen LogP contribution in [0.25, 0.3) is 0 Å². The van der Waals surface area contributed by atoms with Crippen molar-refractivity contribution >= 4 is 33.7 Å². The number of halogens is 2. The molecule has 1 aromatic rings. The maximum atomic E-state index is 13.6. The third-order valence-electron chi connectivity index (χ3n) is 6.43. The Morgan fingerprint density at radius 1 is 1.10 bits per heavy atom. The Kier molecular flexibility index (Phi) is 5.40. The number of benzene rings is 1. The molecule has 4 fully saturated rings. The fourth-order valence-corrected chi connectivity index (χ4v) is 7.43. The van der Waals surface area contributed by atoms with Crippen LogP contribution in [0.15, 0.2) is 24.3 Å². The minimum atomic E-state index is -0.779. The first-order chi connectivity index (χ1) is 13.8. The van der Waals surface area contributed by atoms with Crippen molar-refractivity contribution in [3.63, 3.8) is 0 Å². The molecule has 4 aliphatic rings. The van der Waals surface area contributed by atoms with Gasteiger partial charge in [0.1, 0.15) is 5.82 Å². The molecule has 2 amide bonds. The highest BCUT2D eigenvalue weighted by Gasteiger charge is 2.57. The normalized spacial score (nSPS) is 31.9. The smallest absolute Gasteiger partial charge is 0.306 e. The van der Waals surface area contributed by atoms with E-state index in [2.05, 4.69) is 26.8 Å². The second kappa shape index (κ2) is 7.70. The molecule has 0 aliphatic heterocycles. The number of hydrogen-bond acceptors (Lipinski definition) is 4. The predicted molar refractivity (Wildman–Crippen MR) is 106 cm³/mol. The number of carbonyl (C=O) groups excluding carboxylic acids is 3. The molecular weight excluding hydrogens is 443 g/mol. The van der Waals surface area contributed by atoms with Gasteiger partial charge in [-0.2, -0.15) is 0 Å². The average molecular weight is 467 g/mol. The van der Waals surface area contributed by atoms with Crippen molar-refractivity contribution < 1.29 is 23.5 Å². The van der Waals surface area contributed by atoms with Crippen molar-refractivity contribution in [2.45, 2.75) is 49.3 Å². The van der Waals surface area contributed by atoms with Crippen molar-refractivity contribution in [2.24, 2.45) is 17.3 Å². The van der Waals surface area contributed by atoms with E-state index in [-0.39, 0.29) is 15.3 Å². The van der Waals surface area contributed by atoms with Crippen molar-refractivity contribution in [2.75, 3.05) is 6.61 Å². The minimum absolute atomic E-state index is 0.0276. The van der Waals surface area contributed by atoms with Crippen LogP contribution in [-0.2, 0) is 14.3 Å². The molecule has 5 rings (SSSR count). The maximum Gasteiger partial charge on any atom is 0.306 e. The van der Waals surface area contributed by atoms with E-state index in [9.17, 15) is 18.8 Å². The second-order valence-corrected chi connectivity index (χ2v) is 10.6. The SMILES string of the molecule is O=C(COC(=O)CC12C[C@H]3C[C@@H](CC(Br)(C3)C1)C2)NNC(=O)c1ccccc1F. The Hall–Kier alpha value is -1.96. The first-order valence-electron chi connectivity index (χ1n) is 9.94. The molecule has 0 aromatic heterocycles. The standard InChI is InChI=1S/C21H24BrFN2O4/c22-21-8-13-5-14(9-21)7-20(6-13,12-21)10-18(27)29-11-17(26)24-25-19(28)15-3-1-2-4-16(15)23/h1-4,13-14H,5-12H2,(H,24,26)(H,25,28)/t13-,14-,20?,21?/m1/s1. The monoisotopic (exact) mass is 466 g/mol. The summed E-state index contributed by atoms with van der Waals surface area (Å²) in [4.78, 5) is 36.1.